The number of hydrogen-bond acceptors (Lipinski definition) is 2. The van der Waals surface area contributed by atoms with Gasteiger partial charge in [0.1, 0.15) is 5.82 Å². The van der Waals surface area contributed by atoms with Gasteiger partial charge in [-0.05, 0) is 39.0 Å². The Bertz CT molecular complexity index is 510. The van der Waals surface area contributed by atoms with Crippen LogP contribution in [0.3, 0.4) is 0 Å². The van der Waals surface area contributed by atoms with E-state index in [1.165, 1.54) is 42.9 Å². The van der Waals surface area contributed by atoms with Crippen molar-refractivity contribution in [1.29, 1.82) is 0 Å². The Labute approximate surface area is 108 Å². The van der Waals surface area contributed by atoms with Crippen molar-refractivity contribution in [3.8, 4) is 0 Å². The second kappa shape index (κ2) is 4.96. The molecule has 0 amide bonds. The Morgan fingerprint density at radius 2 is 2.11 bits per heavy atom. The van der Waals surface area contributed by atoms with E-state index in [0.717, 1.165) is 19.5 Å². The first-order chi connectivity index (χ1) is 8.84. The van der Waals surface area contributed by atoms with Crippen LogP contribution in [-0.4, -0.2) is 19.1 Å². The fourth-order valence-electron chi connectivity index (χ4n) is 2.86. The van der Waals surface area contributed by atoms with Gasteiger partial charge in [0.15, 0.2) is 0 Å². The molecule has 0 aromatic carbocycles. The summed E-state index contributed by atoms with van der Waals surface area (Å²) in [5, 5.41) is 0. The van der Waals surface area contributed by atoms with Crippen molar-refractivity contribution in [2.45, 2.75) is 52.1 Å². The van der Waals surface area contributed by atoms with Gasteiger partial charge in [-0.1, -0.05) is 0 Å². The minimum absolute atomic E-state index is 1.03. The van der Waals surface area contributed by atoms with Gasteiger partial charge in [-0.15, -0.1) is 0 Å². The number of nitrogens with zero attached hydrogens (tertiary/aromatic N) is 4. The Hall–Kier alpha value is -1.58. The quantitative estimate of drug-likeness (QED) is 0.827. The third-order valence-corrected chi connectivity index (χ3v) is 3.78. The molecule has 0 unspecified atom stereocenters. The van der Waals surface area contributed by atoms with Crippen LogP contribution in [0.1, 0.15) is 36.5 Å². The number of hydrogen-bond donors (Lipinski definition) is 0. The van der Waals surface area contributed by atoms with Gasteiger partial charge in [0.2, 0.25) is 0 Å². The van der Waals surface area contributed by atoms with Crippen LogP contribution < -0.4 is 0 Å². The molecular weight excluding hydrogens is 224 g/mol. The van der Waals surface area contributed by atoms with Crippen LogP contribution >= 0.6 is 0 Å². The zero-order valence-corrected chi connectivity index (χ0v) is 11.0. The minimum Gasteiger partial charge on any atom is -0.337 e. The van der Waals surface area contributed by atoms with E-state index < -0.39 is 0 Å². The number of fused-ring (bicyclic) bond motifs is 1. The van der Waals surface area contributed by atoms with E-state index in [-0.39, 0.29) is 0 Å². The lowest BCUT2D eigenvalue weighted by Crippen LogP contribution is -2.11. The zero-order valence-electron chi connectivity index (χ0n) is 11.0. The second-order valence-corrected chi connectivity index (χ2v) is 5.07. The molecule has 96 valence electrons. The highest BCUT2D eigenvalue weighted by atomic mass is 15.1. The average molecular weight is 244 g/mol. The summed E-state index contributed by atoms with van der Waals surface area (Å²) in [6.07, 6.45) is 11.9. The number of imidazole rings is 2. The fourth-order valence-corrected chi connectivity index (χ4v) is 2.86. The van der Waals surface area contributed by atoms with Gasteiger partial charge in [-0.2, -0.15) is 0 Å². The summed E-state index contributed by atoms with van der Waals surface area (Å²) in [7, 11) is 0. The van der Waals surface area contributed by atoms with Gasteiger partial charge in [0.05, 0.1) is 12.0 Å². The molecule has 1 aliphatic carbocycles. The van der Waals surface area contributed by atoms with Crippen molar-refractivity contribution in [3.05, 3.63) is 35.9 Å². The van der Waals surface area contributed by atoms with Crippen molar-refractivity contribution in [2.75, 3.05) is 0 Å². The monoisotopic (exact) mass is 244 g/mol. The highest BCUT2D eigenvalue weighted by molar-refractivity contribution is 5.19. The lowest BCUT2D eigenvalue weighted by atomic mass is 10.0. The van der Waals surface area contributed by atoms with Crippen LogP contribution in [0.15, 0.2) is 18.7 Å². The van der Waals surface area contributed by atoms with Crippen LogP contribution in [0.2, 0.25) is 0 Å². The number of aryl methyl sites for hydroxylation is 3. The summed E-state index contributed by atoms with van der Waals surface area (Å²) in [5.41, 5.74) is 2.84. The molecular formula is C14H20N4. The lowest BCUT2D eigenvalue weighted by molar-refractivity contribution is 0.531. The Balaban J connectivity index is 1.67. The van der Waals surface area contributed by atoms with E-state index in [9.17, 15) is 0 Å². The summed E-state index contributed by atoms with van der Waals surface area (Å²) in [5.74, 6) is 1.19. The average Bonchev–Trinajstić information content (AvgIpc) is 2.98. The van der Waals surface area contributed by atoms with Crippen molar-refractivity contribution in [2.24, 2.45) is 0 Å². The minimum atomic E-state index is 1.03. The molecule has 0 radical (unpaired) electrons. The molecule has 18 heavy (non-hydrogen) atoms. The van der Waals surface area contributed by atoms with Crippen LogP contribution in [0.5, 0.6) is 0 Å². The molecule has 4 heteroatoms. The van der Waals surface area contributed by atoms with Gasteiger partial charge >= 0.3 is 0 Å². The maximum Gasteiger partial charge on any atom is 0.106 e. The first-order valence-electron chi connectivity index (χ1n) is 6.85. The van der Waals surface area contributed by atoms with Gasteiger partial charge in [0, 0.05) is 31.2 Å². The van der Waals surface area contributed by atoms with Crippen LogP contribution in [0, 0.1) is 6.92 Å². The van der Waals surface area contributed by atoms with Gasteiger partial charge in [-0.3, -0.25) is 0 Å². The van der Waals surface area contributed by atoms with Gasteiger partial charge < -0.3 is 9.13 Å². The predicted octanol–water partition coefficient (Wildman–Crippen LogP) is 2.36. The topological polar surface area (TPSA) is 35.6 Å². The van der Waals surface area contributed by atoms with Crippen LogP contribution in [0.4, 0.5) is 0 Å². The second-order valence-electron chi connectivity index (χ2n) is 5.07. The summed E-state index contributed by atoms with van der Waals surface area (Å²) in [4.78, 5) is 8.78. The lowest BCUT2D eigenvalue weighted by Gasteiger charge is -2.14. The molecule has 0 N–H and O–H groups in total. The molecule has 4 nitrogen and oxygen atoms in total. The molecule has 0 atom stereocenters. The molecule has 0 saturated heterocycles. The molecule has 2 heterocycles. The molecule has 0 spiro atoms. The highest BCUT2D eigenvalue weighted by Gasteiger charge is 2.17. The van der Waals surface area contributed by atoms with E-state index in [2.05, 4.69) is 21.0 Å². The van der Waals surface area contributed by atoms with E-state index in [1.807, 2.05) is 18.7 Å². The third-order valence-electron chi connectivity index (χ3n) is 3.78. The fraction of sp³-hybridized carbons (Fsp3) is 0.571. The van der Waals surface area contributed by atoms with Crippen molar-refractivity contribution < 1.29 is 0 Å². The number of rotatable bonds is 4. The Kier molecular flexibility index (Phi) is 3.17. The summed E-state index contributed by atoms with van der Waals surface area (Å²) < 4.78 is 4.56. The molecule has 3 rings (SSSR count). The molecule has 1 aliphatic rings. The molecule has 0 fully saturated rings. The van der Waals surface area contributed by atoms with E-state index in [1.54, 1.807) is 0 Å². The van der Waals surface area contributed by atoms with Crippen molar-refractivity contribution in [3.63, 3.8) is 0 Å². The standard InChI is InChI=1S/C14H20N4/c1-12-16-13-5-2-3-6-14(13)18(12)9-4-8-17-10-7-15-11-17/h7,10-11H,2-6,8-9H2,1H3. The first-order valence-corrected chi connectivity index (χ1v) is 6.85. The molecule has 2 aromatic rings. The van der Waals surface area contributed by atoms with Crippen LogP contribution in [-0.2, 0) is 25.9 Å². The molecule has 2 aromatic heterocycles. The first kappa shape index (κ1) is 11.5. The highest BCUT2D eigenvalue weighted by Crippen LogP contribution is 2.22. The maximum absolute atomic E-state index is 4.71. The number of aromatic nitrogens is 4. The summed E-state index contributed by atoms with van der Waals surface area (Å²) in [6.45, 7) is 4.24. The zero-order chi connectivity index (χ0) is 12.4. The predicted molar refractivity (Wildman–Crippen MR) is 70.5 cm³/mol. The van der Waals surface area contributed by atoms with Gasteiger partial charge in [0.25, 0.3) is 0 Å². The maximum atomic E-state index is 4.71. The van der Waals surface area contributed by atoms with E-state index in [4.69, 9.17) is 4.98 Å². The van der Waals surface area contributed by atoms with Gasteiger partial charge in [-0.25, -0.2) is 9.97 Å². The normalized spacial score (nSPS) is 14.7. The Morgan fingerprint density at radius 1 is 1.22 bits per heavy atom. The largest absolute Gasteiger partial charge is 0.337 e. The Morgan fingerprint density at radius 3 is 2.94 bits per heavy atom. The van der Waals surface area contributed by atoms with E-state index >= 15 is 0 Å². The van der Waals surface area contributed by atoms with Crippen molar-refractivity contribution in [1.82, 2.24) is 19.1 Å². The molecule has 0 bridgehead atoms. The summed E-state index contributed by atoms with van der Waals surface area (Å²) >= 11 is 0. The van der Waals surface area contributed by atoms with Crippen LogP contribution in [0.25, 0.3) is 0 Å². The smallest absolute Gasteiger partial charge is 0.106 e. The van der Waals surface area contributed by atoms with E-state index in [0.29, 0.717) is 0 Å². The molecule has 0 saturated carbocycles. The summed E-state index contributed by atoms with van der Waals surface area (Å²) in [6, 6.07) is 0. The van der Waals surface area contributed by atoms with Crippen molar-refractivity contribution >= 4 is 0 Å². The third kappa shape index (κ3) is 2.19. The SMILES string of the molecule is Cc1nc2c(n1CCCn1ccnc1)CCCC2. The molecule has 0 aliphatic heterocycles.